The van der Waals surface area contributed by atoms with Crippen LogP contribution in [0.15, 0.2) is 46.7 Å². The summed E-state index contributed by atoms with van der Waals surface area (Å²) in [6, 6.07) is 7.81. The van der Waals surface area contributed by atoms with Gasteiger partial charge >= 0.3 is 0 Å². The number of aliphatic carboxylic acids is 1. The largest absolute Gasteiger partial charge is 0.507 e. The van der Waals surface area contributed by atoms with Crippen molar-refractivity contribution >= 4 is 23.5 Å². The van der Waals surface area contributed by atoms with E-state index in [1.54, 1.807) is 17.8 Å². The van der Waals surface area contributed by atoms with Crippen molar-refractivity contribution in [3.05, 3.63) is 47.4 Å². The van der Waals surface area contributed by atoms with Crippen LogP contribution >= 0.6 is 11.8 Å². The highest BCUT2D eigenvalue weighted by atomic mass is 32.2. The summed E-state index contributed by atoms with van der Waals surface area (Å²) >= 11 is 1.62. The Labute approximate surface area is 98.1 Å². The lowest BCUT2D eigenvalue weighted by atomic mass is 10.2. The fraction of sp³-hybridized carbons (Fsp3) is 0.0833. The lowest BCUT2D eigenvalue weighted by Gasteiger charge is -2.02. The van der Waals surface area contributed by atoms with Gasteiger partial charge in [-0.2, -0.15) is 0 Å². The van der Waals surface area contributed by atoms with Gasteiger partial charge in [0.15, 0.2) is 0 Å². The van der Waals surface area contributed by atoms with Crippen molar-refractivity contribution in [1.82, 2.24) is 0 Å². The Kier molecular flexibility index (Phi) is 4.66. The summed E-state index contributed by atoms with van der Waals surface area (Å²) in [5.41, 5.74) is 0.910. The summed E-state index contributed by atoms with van der Waals surface area (Å²) in [5.74, 6) is -0.494. The molecule has 1 aromatic carbocycles. The third-order valence-corrected chi connectivity index (χ3v) is 2.59. The minimum Gasteiger partial charge on any atom is -0.507 e. The normalized spacial score (nSPS) is 12.7. The Morgan fingerprint density at radius 3 is 2.62 bits per heavy atom. The van der Waals surface area contributed by atoms with E-state index in [9.17, 15) is 5.11 Å². The van der Waals surface area contributed by atoms with Gasteiger partial charge in [0.25, 0.3) is 5.97 Å². The van der Waals surface area contributed by atoms with E-state index in [0.717, 1.165) is 17.4 Å². The number of carbonyl (C=O) groups is 1. The predicted octanol–water partition coefficient (Wildman–Crippen LogP) is 3.30. The maximum atomic E-state index is 9.54. The molecule has 16 heavy (non-hydrogen) atoms. The first-order valence-electron chi connectivity index (χ1n) is 4.62. The van der Waals surface area contributed by atoms with Gasteiger partial charge in [-0.1, -0.05) is 36.0 Å². The minimum atomic E-state index is -0.833. The van der Waals surface area contributed by atoms with Crippen LogP contribution in [0.1, 0.15) is 12.5 Å². The number of thioether (sulfide) groups is 1. The number of carboxylic acid groups (broad SMARTS) is 1. The third kappa shape index (κ3) is 3.82. The average Bonchev–Trinajstić information content (AvgIpc) is 2.41. The Morgan fingerprint density at radius 2 is 1.94 bits per heavy atom. The minimum absolute atomic E-state index is 0.340. The molecule has 0 amide bonds. The lowest BCUT2D eigenvalue weighted by molar-refractivity contribution is -0.134. The third-order valence-electron chi connectivity index (χ3n) is 1.69. The average molecular weight is 236 g/mol. The van der Waals surface area contributed by atoms with E-state index in [2.05, 4.69) is 0 Å². The Balaban J connectivity index is 0.000000280. The molecular formula is C12H12O3S. The van der Waals surface area contributed by atoms with E-state index in [1.165, 1.54) is 0 Å². The molecule has 1 aliphatic rings. The molecule has 0 radical (unpaired) electrons. The van der Waals surface area contributed by atoms with Crippen LogP contribution in [0.5, 0.6) is 0 Å². The van der Waals surface area contributed by atoms with E-state index in [-0.39, 0.29) is 0 Å². The topological polar surface area (TPSA) is 57.5 Å². The molecule has 0 aliphatic carbocycles. The molecule has 2 N–H and O–H groups in total. The summed E-state index contributed by atoms with van der Waals surface area (Å²) in [4.78, 5) is 10.1. The van der Waals surface area contributed by atoms with Crippen LogP contribution < -0.4 is 0 Å². The van der Waals surface area contributed by atoms with Crippen LogP contribution in [0.4, 0.5) is 0 Å². The number of rotatable bonds is 0. The molecule has 0 atom stereocenters. The monoisotopic (exact) mass is 236 g/mol. The number of aliphatic hydroxyl groups is 1. The number of hydrogen-bond donors (Lipinski definition) is 2. The maximum Gasteiger partial charge on any atom is 0.300 e. The highest BCUT2D eigenvalue weighted by molar-refractivity contribution is 8.02. The van der Waals surface area contributed by atoms with Crippen LogP contribution in [0.25, 0.3) is 5.76 Å². The van der Waals surface area contributed by atoms with Crippen LogP contribution in [0.2, 0.25) is 0 Å². The van der Waals surface area contributed by atoms with Gasteiger partial charge in [-0.25, -0.2) is 0 Å². The first kappa shape index (κ1) is 12.4. The molecule has 1 heterocycles. The molecule has 0 unspecified atom stereocenters. The van der Waals surface area contributed by atoms with Crippen molar-refractivity contribution in [2.24, 2.45) is 0 Å². The van der Waals surface area contributed by atoms with Crippen LogP contribution in [-0.4, -0.2) is 16.2 Å². The second-order valence-corrected chi connectivity index (χ2v) is 3.96. The summed E-state index contributed by atoms with van der Waals surface area (Å²) < 4.78 is 0. The molecule has 0 saturated heterocycles. The van der Waals surface area contributed by atoms with E-state index in [4.69, 9.17) is 9.90 Å². The van der Waals surface area contributed by atoms with Gasteiger partial charge in [-0.15, -0.1) is 0 Å². The molecule has 3 nitrogen and oxygen atoms in total. The number of carboxylic acids is 1. The quantitative estimate of drug-likeness (QED) is 0.725. The summed E-state index contributed by atoms with van der Waals surface area (Å²) in [7, 11) is 0. The van der Waals surface area contributed by atoms with Gasteiger partial charge in [0.2, 0.25) is 0 Å². The lowest BCUT2D eigenvalue weighted by Crippen LogP contribution is -1.83. The molecular weight excluding hydrogens is 224 g/mol. The summed E-state index contributed by atoms with van der Waals surface area (Å²) in [6.07, 6.45) is 3.55. The summed E-state index contributed by atoms with van der Waals surface area (Å²) in [5, 5.41) is 18.9. The first-order chi connectivity index (χ1) is 7.61. The zero-order valence-corrected chi connectivity index (χ0v) is 9.57. The van der Waals surface area contributed by atoms with Crippen LogP contribution in [-0.2, 0) is 4.79 Å². The molecule has 0 aromatic heterocycles. The van der Waals surface area contributed by atoms with Gasteiger partial charge in [0.05, 0.1) is 0 Å². The van der Waals surface area contributed by atoms with Crippen molar-refractivity contribution in [2.45, 2.75) is 11.8 Å². The highest BCUT2D eigenvalue weighted by Crippen LogP contribution is 2.29. The zero-order chi connectivity index (χ0) is 12.0. The van der Waals surface area contributed by atoms with Crippen molar-refractivity contribution < 1.29 is 15.0 Å². The maximum absolute atomic E-state index is 9.54. The standard InChI is InChI=1S/C10H8OS.C2H4O2/c11-9-5-3-7-12-10-6-2-1-4-8(9)10;1-2(3)4/h1-7,11H;1H3,(H,3,4). The van der Waals surface area contributed by atoms with Crippen molar-refractivity contribution in [2.75, 3.05) is 0 Å². The van der Waals surface area contributed by atoms with Gasteiger partial charge in [0.1, 0.15) is 5.76 Å². The zero-order valence-electron chi connectivity index (χ0n) is 8.75. The number of benzene rings is 1. The van der Waals surface area contributed by atoms with E-state index in [0.29, 0.717) is 5.76 Å². The van der Waals surface area contributed by atoms with Crippen molar-refractivity contribution in [3.8, 4) is 0 Å². The second kappa shape index (κ2) is 6.02. The second-order valence-electron chi connectivity index (χ2n) is 3.01. The van der Waals surface area contributed by atoms with Crippen LogP contribution in [0.3, 0.4) is 0 Å². The van der Waals surface area contributed by atoms with Crippen LogP contribution in [0, 0.1) is 0 Å². The SMILES string of the molecule is CC(=O)O.OC1=CC=CSc2ccccc21. The summed E-state index contributed by atoms with van der Waals surface area (Å²) in [6.45, 7) is 1.08. The predicted molar refractivity (Wildman–Crippen MR) is 65.4 cm³/mol. The molecule has 4 heteroatoms. The number of aliphatic hydroxyl groups excluding tert-OH is 1. The molecule has 84 valence electrons. The van der Waals surface area contributed by atoms with Gasteiger partial charge < -0.3 is 10.2 Å². The molecule has 1 aromatic rings. The smallest absolute Gasteiger partial charge is 0.300 e. The van der Waals surface area contributed by atoms with E-state index >= 15 is 0 Å². The number of fused-ring (bicyclic) bond motifs is 1. The van der Waals surface area contributed by atoms with Gasteiger partial charge in [-0.05, 0) is 17.6 Å². The molecule has 0 fully saturated rings. The van der Waals surface area contributed by atoms with Crippen molar-refractivity contribution in [3.63, 3.8) is 0 Å². The number of hydrogen-bond acceptors (Lipinski definition) is 3. The Morgan fingerprint density at radius 1 is 1.31 bits per heavy atom. The highest BCUT2D eigenvalue weighted by Gasteiger charge is 2.06. The molecule has 0 spiro atoms. The molecule has 2 rings (SSSR count). The Hall–Kier alpha value is -1.68. The first-order valence-corrected chi connectivity index (χ1v) is 5.50. The number of allylic oxidation sites excluding steroid dienone is 2. The Bertz CT molecular complexity index is 432. The van der Waals surface area contributed by atoms with Crippen molar-refractivity contribution in [1.29, 1.82) is 0 Å². The molecule has 0 bridgehead atoms. The molecule has 1 aliphatic heterocycles. The fourth-order valence-corrected chi connectivity index (χ4v) is 1.87. The van der Waals surface area contributed by atoms with Gasteiger partial charge in [0, 0.05) is 17.4 Å². The van der Waals surface area contributed by atoms with Gasteiger partial charge in [-0.3, -0.25) is 4.79 Å². The van der Waals surface area contributed by atoms with E-state index in [1.807, 2.05) is 35.7 Å². The van der Waals surface area contributed by atoms with E-state index < -0.39 is 5.97 Å². The molecule has 0 saturated carbocycles. The fourth-order valence-electron chi connectivity index (χ4n) is 1.11.